The smallest absolute Gasteiger partial charge is 0.338 e. The molecule has 0 radical (unpaired) electrons. The van der Waals surface area contributed by atoms with E-state index in [1.807, 2.05) is 0 Å². The summed E-state index contributed by atoms with van der Waals surface area (Å²) in [6.07, 6.45) is -3.17. The molecule has 0 aliphatic carbocycles. The Morgan fingerprint density at radius 2 is 1.87 bits per heavy atom. The van der Waals surface area contributed by atoms with Crippen molar-refractivity contribution in [2.24, 2.45) is 0 Å². The van der Waals surface area contributed by atoms with Crippen LogP contribution in [-0.4, -0.2) is 40.9 Å². The van der Waals surface area contributed by atoms with Gasteiger partial charge in [0.05, 0.1) is 16.3 Å². The Bertz CT molecular complexity index is 1130. The van der Waals surface area contributed by atoms with E-state index in [4.69, 9.17) is 4.52 Å². The second-order valence-corrected chi connectivity index (χ2v) is 9.23. The van der Waals surface area contributed by atoms with Gasteiger partial charge in [0.1, 0.15) is 4.90 Å². The Labute approximate surface area is 181 Å². The monoisotopic (exact) mass is 472 g/mol. The Morgan fingerprint density at radius 3 is 2.48 bits per heavy atom. The number of alkyl halides is 3. The number of rotatable bonds is 8. The predicted molar refractivity (Wildman–Crippen MR) is 109 cm³/mol. The fourth-order valence-electron chi connectivity index (χ4n) is 2.72. The predicted octanol–water partition coefficient (Wildman–Crippen LogP) is 4.47. The lowest BCUT2D eigenvalue weighted by molar-refractivity contribution is -0.137. The van der Waals surface area contributed by atoms with Gasteiger partial charge >= 0.3 is 6.18 Å². The summed E-state index contributed by atoms with van der Waals surface area (Å²) in [4.78, 5) is 8.38. The number of hydrogen-bond acceptors (Lipinski definition) is 7. The molecule has 0 amide bonds. The van der Waals surface area contributed by atoms with Crippen molar-refractivity contribution >= 4 is 21.8 Å². The summed E-state index contributed by atoms with van der Waals surface area (Å²) >= 11 is 1.23. The quantitative estimate of drug-likeness (QED) is 0.447. The van der Waals surface area contributed by atoms with Crippen LogP contribution in [0.1, 0.15) is 25.3 Å². The van der Waals surface area contributed by atoms with Crippen molar-refractivity contribution < 1.29 is 26.1 Å². The SMILES string of the molecule is CCN(CC)S(=O)(=O)c1ccc(SCc2nc(-c3cccc(C(F)(F)F)c3)no2)nc1. The number of hydrogen-bond donors (Lipinski definition) is 0. The molecule has 0 bridgehead atoms. The first-order valence-corrected chi connectivity index (χ1v) is 11.7. The number of benzene rings is 1. The van der Waals surface area contributed by atoms with Gasteiger partial charge < -0.3 is 4.52 Å². The first kappa shape index (κ1) is 23.2. The topological polar surface area (TPSA) is 89.2 Å². The summed E-state index contributed by atoms with van der Waals surface area (Å²) in [5.41, 5.74) is -0.603. The van der Waals surface area contributed by atoms with Gasteiger partial charge in [0, 0.05) is 24.8 Å². The molecule has 12 heteroatoms. The van der Waals surface area contributed by atoms with Crippen LogP contribution in [0.4, 0.5) is 13.2 Å². The fraction of sp³-hybridized carbons (Fsp3) is 0.316. The lowest BCUT2D eigenvalue weighted by Crippen LogP contribution is -2.30. The van der Waals surface area contributed by atoms with Gasteiger partial charge in [-0.15, -0.1) is 0 Å². The molecule has 3 rings (SSSR count). The molecule has 0 N–H and O–H groups in total. The molecule has 0 unspecified atom stereocenters. The molecule has 0 spiro atoms. The zero-order chi connectivity index (χ0) is 22.6. The van der Waals surface area contributed by atoms with Gasteiger partial charge in [0.25, 0.3) is 0 Å². The maximum atomic E-state index is 12.9. The number of aromatic nitrogens is 3. The standard InChI is InChI=1S/C19H19F3N4O3S2/c1-3-26(4-2)31(27,28)15-8-9-17(23-11-15)30-12-16-24-18(25-29-16)13-6-5-7-14(10-13)19(20,21)22/h5-11H,3-4,12H2,1-2H3. The molecule has 3 aromatic rings. The largest absolute Gasteiger partial charge is 0.416 e. The van der Waals surface area contributed by atoms with Gasteiger partial charge in [-0.3, -0.25) is 0 Å². The van der Waals surface area contributed by atoms with Crippen molar-refractivity contribution in [3.63, 3.8) is 0 Å². The molecule has 0 aliphatic rings. The molecule has 0 atom stereocenters. The van der Waals surface area contributed by atoms with Crippen LogP contribution in [-0.2, 0) is 22.0 Å². The van der Waals surface area contributed by atoms with E-state index in [0.29, 0.717) is 18.1 Å². The van der Waals surface area contributed by atoms with Crippen molar-refractivity contribution in [1.29, 1.82) is 0 Å². The van der Waals surface area contributed by atoms with E-state index in [0.717, 1.165) is 12.1 Å². The van der Waals surface area contributed by atoms with E-state index in [-0.39, 0.29) is 27.9 Å². The summed E-state index contributed by atoms with van der Waals surface area (Å²) in [6, 6.07) is 7.72. The lowest BCUT2D eigenvalue weighted by Gasteiger charge is -2.18. The minimum absolute atomic E-state index is 0.0512. The molecule has 0 saturated carbocycles. The van der Waals surface area contributed by atoms with Crippen molar-refractivity contribution in [2.75, 3.05) is 13.1 Å². The molecular weight excluding hydrogens is 453 g/mol. The van der Waals surface area contributed by atoms with Crippen LogP contribution < -0.4 is 0 Å². The van der Waals surface area contributed by atoms with Crippen LogP contribution in [0.2, 0.25) is 0 Å². The average Bonchev–Trinajstić information content (AvgIpc) is 3.22. The van der Waals surface area contributed by atoms with Crippen LogP contribution >= 0.6 is 11.8 Å². The third-order valence-electron chi connectivity index (χ3n) is 4.31. The Balaban J connectivity index is 1.68. The van der Waals surface area contributed by atoms with Gasteiger partial charge in [0.15, 0.2) is 0 Å². The molecule has 7 nitrogen and oxygen atoms in total. The van der Waals surface area contributed by atoms with Crippen molar-refractivity contribution in [1.82, 2.24) is 19.4 Å². The van der Waals surface area contributed by atoms with E-state index < -0.39 is 21.8 Å². The average molecular weight is 473 g/mol. The molecule has 166 valence electrons. The maximum absolute atomic E-state index is 12.9. The highest BCUT2D eigenvalue weighted by atomic mass is 32.2. The molecule has 2 aromatic heterocycles. The molecule has 0 fully saturated rings. The lowest BCUT2D eigenvalue weighted by atomic mass is 10.1. The van der Waals surface area contributed by atoms with Crippen molar-refractivity contribution in [3.05, 3.63) is 54.0 Å². The summed E-state index contributed by atoms with van der Waals surface area (Å²) in [6.45, 7) is 4.24. The van der Waals surface area contributed by atoms with Crippen LogP contribution in [0.3, 0.4) is 0 Å². The molecule has 31 heavy (non-hydrogen) atoms. The van der Waals surface area contributed by atoms with Gasteiger partial charge in [-0.05, 0) is 24.3 Å². The highest BCUT2D eigenvalue weighted by Crippen LogP contribution is 2.31. The summed E-state index contributed by atoms with van der Waals surface area (Å²) in [7, 11) is -3.59. The van der Waals surface area contributed by atoms with Gasteiger partial charge in [-0.1, -0.05) is 42.9 Å². The third kappa shape index (κ3) is 5.43. The van der Waals surface area contributed by atoms with E-state index >= 15 is 0 Å². The second-order valence-electron chi connectivity index (χ2n) is 6.30. The number of thioether (sulfide) groups is 1. The second kappa shape index (κ2) is 9.37. The van der Waals surface area contributed by atoms with Crippen LogP contribution in [0.25, 0.3) is 11.4 Å². The van der Waals surface area contributed by atoms with E-state index in [9.17, 15) is 21.6 Å². The number of nitrogens with zero attached hydrogens (tertiary/aromatic N) is 4. The van der Waals surface area contributed by atoms with E-state index in [1.165, 1.54) is 40.5 Å². The van der Waals surface area contributed by atoms with Gasteiger partial charge in [0.2, 0.25) is 21.7 Å². The van der Waals surface area contributed by atoms with E-state index in [2.05, 4.69) is 15.1 Å². The van der Waals surface area contributed by atoms with Gasteiger partial charge in [-0.25, -0.2) is 13.4 Å². The minimum Gasteiger partial charge on any atom is -0.338 e. The summed E-state index contributed by atoms with van der Waals surface area (Å²) in [5.74, 6) is 0.482. The van der Waals surface area contributed by atoms with Crippen molar-refractivity contribution in [2.45, 2.75) is 35.7 Å². The number of pyridine rings is 1. The molecule has 1 aromatic carbocycles. The van der Waals surface area contributed by atoms with E-state index in [1.54, 1.807) is 19.9 Å². The summed E-state index contributed by atoms with van der Waals surface area (Å²) in [5, 5.41) is 4.27. The first-order chi connectivity index (χ1) is 14.6. The zero-order valence-corrected chi connectivity index (χ0v) is 18.3. The Morgan fingerprint density at radius 1 is 1.13 bits per heavy atom. The highest BCUT2D eigenvalue weighted by molar-refractivity contribution is 7.98. The van der Waals surface area contributed by atoms with Crippen LogP contribution in [0.15, 0.2) is 57.0 Å². The molecular formula is C19H19F3N4O3S2. The minimum atomic E-state index is -4.46. The maximum Gasteiger partial charge on any atom is 0.416 e. The van der Waals surface area contributed by atoms with Crippen LogP contribution in [0, 0.1) is 0 Å². The van der Waals surface area contributed by atoms with Gasteiger partial charge in [-0.2, -0.15) is 22.5 Å². The Kier molecular flexibility index (Phi) is 7.02. The highest BCUT2D eigenvalue weighted by Gasteiger charge is 2.30. The Hall–Kier alpha value is -2.44. The molecule has 0 saturated heterocycles. The zero-order valence-electron chi connectivity index (χ0n) is 16.6. The normalized spacial score (nSPS) is 12.5. The number of sulfonamides is 1. The van der Waals surface area contributed by atoms with Crippen LogP contribution in [0.5, 0.6) is 0 Å². The third-order valence-corrected chi connectivity index (χ3v) is 7.27. The fourth-order valence-corrected chi connectivity index (χ4v) is 4.80. The number of halogens is 3. The summed E-state index contributed by atoms with van der Waals surface area (Å²) < 4.78 is 70.0. The molecule has 0 aliphatic heterocycles. The first-order valence-electron chi connectivity index (χ1n) is 9.24. The van der Waals surface area contributed by atoms with Crippen molar-refractivity contribution in [3.8, 4) is 11.4 Å². The molecule has 2 heterocycles.